The number of nitrogens with zero attached hydrogens (tertiary/aromatic N) is 4. The van der Waals surface area contributed by atoms with E-state index in [0.717, 1.165) is 54.4 Å². The Bertz CT molecular complexity index is 1370. The summed E-state index contributed by atoms with van der Waals surface area (Å²) in [5, 5.41) is 8.24. The Labute approximate surface area is 207 Å². The molecule has 1 N–H and O–H groups in total. The first-order valence-electron chi connectivity index (χ1n) is 11.7. The molecule has 0 unspecified atom stereocenters. The molecule has 5 rings (SSSR count). The number of ether oxygens (including phenoxy) is 1. The average molecular weight is 490 g/mol. The highest BCUT2D eigenvalue weighted by Gasteiger charge is 2.27. The normalized spacial score (nSPS) is 13.3. The Hall–Kier alpha value is -3.59. The fourth-order valence-electron chi connectivity index (χ4n) is 4.43. The number of nitrogens with one attached hydrogen (secondary N) is 1. The number of rotatable bonds is 7. The van der Waals surface area contributed by atoms with Crippen molar-refractivity contribution in [3.8, 4) is 22.8 Å². The molecule has 8 nitrogen and oxygen atoms in total. The van der Waals surface area contributed by atoms with E-state index >= 15 is 0 Å². The van der Waals surface area contributed by atoms with Crippen LogP contribution in [0.15, 0.2) is 64.5 Å². The summed E-state index contributed by atoms with van der Waals surface area (Å²) >= 11 is 1.38. The molecule has 0 radical (unpaired) electrons. The number of methoxy groups -OCH3 is 1. The van der Waals surface area contributed by atoms with Crippen molar-refractivity contribution in [3.05, 3.63) is 76.2 Å². The van der Waals surface area contributed by atoms with Crippen LogP contribution in [0.25, 0.3) is 17.1 Å². The summed E-state index contributed by atoms with van der Waals surface area (Å²) in [6, 6.07) is 17.0. The van der Waals surface area contributed by atoms with Gasteiger partial charge in [0.25, 0.3) is 5.56 Å². The van der Waals surface area contributed by atoms with Crippen molar-refractivity contribution in [1.29, 1.82) is 0 Å². The van der Waals surface area contributed by atoms with Crippen LogP contribution < -0.4 is 15.6 Å². The van der Waals surface area contributed by atoms with E-state index in [-0.39, 0.29) is 17.2 Å². The Kier molecular flexibility index (Phi) is 6.85. The van der Waals surface area contributed by atoms with Crippen LogP contribution in [0.1, 0.15) is 30.5 Å². The molecule has 35 heavy (non-hydrogen) atoms. The molecular weight excluding hydrogens is 462 g/mol. The number of carbonyl (C=O) groups is 1. The Morgan fingerprint density at radius 2 is 1.89 bits per heavy atom. The molecule has 0 aromatic heterocycles. The minimum absolute atomic E-state index is 0.0925. The lowest BCUT2D eigenvalue weighted by atomic mass is 10.1. The summed E-state index contributed by atoms with van der Waals surface area (Å²) in [6.07, 6.45) is 3.91. The van der Waals surface area contributed by atoms with Crippen molar-refractivity contribution in [3.63, 3.8) is 0 Å². The number of benzene rings is 2. The van der Waals surface area contributed by atoms with Crippen LogP contribution in [0.5, 0.6) is 5.75 Å². The third-order valence-corrected chi connectivity index (χ3v) is 7.14. The quantitative estimate of drug-likeness (QED) is 0.315. The van der Waals surface area contributed by atoms with Gasteiger partial charge in [0, 0.05) is 24.3 Å². The van der Waals surface area contributed by atoms with Crippen molar-refractivity contribution in [2.45, 2.75) is 43.9 Å². The van der Waals surface area contributed by atoms with Gasteiger partial charge in [-0.15, -0.1) is 5.10 Å². The summed E-state index contributed by atoms with van der Waals surface area (Å²) in [5.74, 6) is 1.31. The zero-order valence-corrected chi connectivity index (χ0v) is 20.4. The van der Waals surface area contributed by atoms with Crippen LogP contribution >= 0.6 is 11.8 Å². The van der Waals surface area contributed by atoms with Gasteiger partial charge in [0.1, 0.15) is 11.3 Å². The highest BCUT2D eigenvalue weighted by molar-refractivity contribution is 7.99. The number of amides is 1. The molecule has 0 atom stereocenters. The van der Waals surface area contributed by atoms with Gasteiger partial charge in [-0.1, -0.05) is 54.6 Å². The molecule has 0 spiro atoms. The largest absolute Gasteiger partial charge is 0.496 e. The van der Waals surface area contributed by atoms with Crippen LogP contribution in [0.3, 0.4) is 0 Å². The molecule has 0 aliphatic carbocycles. The molecule has 3 aliphatic rings. The number of para-hydroxylation sites is 2. The molecule has 2 aromatic rings. The lowest BCUT2D eigenvalue weighted by Gasteiger charge is -2.17. The van der Waals surface area contributed by atoms with E-state index in [4.69, 9.17) is 9.72 Å². The predicted molar refractivity (Wildman–Crippen MR) is 135 cm³/mol. The molecule has 9 heteroatoms. The van der Waals surface area contributed by atoms with Crippen molar-refractivity contribution >= 4 is 17.7 Å². The van der Waals surface area contributed by atoms with Gasteiger partial charge in [-0.2, -0.15) is 4.68 Å². The monoisotopic (exact) mass is 489 g/mol. The highest BCUT2D eigenvalue weighted by atomic mass is 32.2. The smallest absolute Gasteiger partial charge is 0.284 e. The van der Waals surface area contributed by atoms with Crippen molar-refractivity contribution in [2.75, 3.05) is 12.9 Å². The van der Waals surface area contributed by atoms with E-state index in [0.29, 0.717) is 23.6 Å². The number of aromatic nitrogens is 4. The molecule has 1 amide bonds. The third-order valence-electron chi connectivity index (χ3n) is 6.17. The van der Waals surface area contributed by atoms with E-state index in [1.165, 1.54) is 16.4 Å². The first-order valence-corrected chi connectivity index (χ1v) is 12.7. The van der Waals surface area contributed by atoms with Crippen LogP contribution in [-0.4, -0.2) is 38.1 Å². The summed E-state index contributed by atoms with van der Waals surface area (Å²) in [6.45, 7) is 1.17. The molecular formula is C26H27N5O3S. The van der Waals surface area contributed by atoms with Gasteiger partial charge in [-0.3, -0.25) is 9.59 Å². The SMILES string of the molecule is COc1ccccc1CNC(=O)CSc1nc2nn(-c3ccccc3)c(=O)c-2c2n1CCCCC2. The molecule has 0 saturated heterocycles. The molecule has 3 aliphatic heterocycles. The molecule has 180 valence electrons. The average Bonchev–Trinajstić information content (AvgIpc) is 3.05. The van der Waals surface area contributed by atoms with E-state index in [1.807, 2.05) is 54.6 Å². The van der Waals surface area contributed by atoms with E-state index < -0.39 is 0 Å². The lowest BCUT2D eigenvalue weighted by molar-refractivity contribution is -0.118. The van der Waals surface area contributed by atoms with Gasteiger partial charge in [0.2, 0.25) is 5.91 Å². The fraction of sp³-hybridized carbons (Fsp3) is 0.308. The number of carbonyl (C=O) groups excluding carboxylic acids is 1. The maximum atomic E-state index is 13.3. The summed E-state index contributed by atoms with van der Waals surface area (Å²) in [7, 11) is 1.62. The Morgan fingerprint density at radius 1 is 1.09 bits per heavy atom. The first kappa shape index (κ1) is 23.2. The number of hydrogen-bond donors (Lipinski definition) is 1. The van der Waals surface area contributed by atoms with Gasteiger partial charge >= 0.3 is 0 Å². The summed E-state index contributed by atoms with van der Waals surface area (Å²) in [5.41, 5.74) is 3.05. The van der Waals surface area contributed by atoms with Gasteiger partial charge < -0.3 is 14.6 Å². The van der Waals surface area contributed by atoms with E-state index in [9.17, 15) is 9.59 Å². The lowest BCUT2D eigenvalue weighted by Crippen LogP contribution is -2.25. The van der Waals surface area contributed by atoms with Gasteiger partial charge in [0.15, 0.2) is 11.0 Å². The Balaban J connectivity index is 1.41. The standard InChI is InChI=1S/C26H27N5O3S/c1-34-21-14-8-7-10-18(21)16-27-22(32)17-35-26-28-24-23(20-13-6-3-9-15-30(20)26)25(33)31(29-24)19-11-4-2-5-12-19/h2,4-5,7-8,10-12,14H,3,6,9,13,15-17H2,1H3,(H,27,32). The number of fused-ring (bicyclic) bond motifs is 3. The zero-order valence-electron chi connectivity index (χ0n) is 19.6. The second-order valence-corrected chi connectivity index (χ2v) is 9.37. The van der Waals surface area contributed by atoms with Gasteiger partial charge in [-0.25, -0.2) is 4.98 Å². The van der Waals surface area contributed by atoms with Crippen molar-refractivity contribution < 1.29 is 9.53 Å². The molecule has 2 aromatic carbocycles. The molecule has 0 saturated carbocycles. The van der Waals surface area contributed by atoms with Crippen LogP contribution in [-0.2, 0) is 24.3 Å². The van der Waals surface area contributed by atoms with E-state index in [2.05, 4.69) is 15.0 Å². The number of hydrogen-bond acceptors (Lipinski definition) is 6. The van der Waals surface area contributed by atoms with E-state index in [1.54, 1.807) is 7.11 Å². The highest BCUT2D eigenvalue weighted by Crippen LogP contribution is 2.30. The first-order chi connectivity index (χ1) is 17.2. The third kappa shape index (κ3) is 4.81. The van der Waals surface area contributed by atoms with Gasteiger partial charge in [0.05, 0.1) is 18.6 Å². The number of thioether (sulfide) groups is 1. The molecule has 0 bridgehead atoms. The van der Waals surface area contributed by atoms with Crippen LogP contribution in [0.2, 0.25) is 0 Å². The minimum atomic E-state index is -0.143. The van der Waals surface area contributed by atoms with Gasteiger partial charge in [-0.05, 0) is 37.5 Å². The maximum absolute atomic E-state index is 13.3. The molecule has 3 heterocycles. The minimum Gasteiger partial charge on any atom is -0.496 e. The predicted octanol–water partition coefficient (Wildman–Crippen LogP) is 3.68. The Morgan fingerprint density at radius 3 is 2.71 bits per heavy atom. The van der Waals surface area contributed by atoms with Crippen LogP contribution in [0, 0.1) is 0 Å². The maximum Gasteiger partial charge on any atom is 0.284 e. The topological polar surface area (TPSA) is 91.0 Å². The van der Waals surface area contributed by atoms with Crippen molar-refractivity contribution in [1.82, 2.24) is 24.6 Å². The van der Waals surface area contributed by atoms with Crippen molar-refractivity contribution in [2.24, 2.45) is 0 Å². The molecule has 0 fully saturated rings. The second kappa shape index (κ2) is 10.4. The summed E-state index contributed by atoms with van der Waals surface area (Å²) < 4.78 is 8.91. The summed E-state index contributed by atoms with van der Waals surface area (Å²) in [4.78, 5) is 30.7. The zero-order chi connectivity index (χ0) is 24.2. The fourth-order valence-corrected chi connectivity index (χ4v) is 5.30. The van der Waals surface area contributed by atoms with Crippen LogP contribution in [0.4, 0.5) is 0 Å². The second-order valence-electron chi connectivity index (χ2n) is 8.43.